The summed E-state index contributed by atoms with van der Waals surface area (Å²) in [4.78, 5) is 0. The fourth-order valence-corrected chi connectivity index (χ4v) is 1.48. The van der Waals surface area contributed by atoms with Crippen molar-refractivity contribution < 1.29 is 0 Å². The summed E-state index contributed by atoms with van der Waals surface area (Å²) in [7, 11) is 0. The van der Waals surface area contributed by atoms with Crippen molar-refractivity contribution in [3.8, 4) is 0 Å². The summed E-state index contributed by atoms with van der Waals surface area (Å²) in [6, 6.07) is 5.62. The lowest BCUT2D eigenvalue weighted by molar-refractivity contribution is 0.559. The lowest BCUT2D eigenvalue weighted by atomic mass is 10.3. The van der Waals surface area contributed by atoms with E-state index in [1.165, 1.54) is 0 Å². The molecule has 0 aliphatic heterocycles. The molecule has 2 rings (SSSR count). The molecule has 1 N–H and O–H groups in total. The number of hydrogen-bond donors (Lipinski definition) is 1. The van der Waals surface area contributed by atoms with E-state index in [0.717, 1.165) is 6.54 Å². The van der Waals surface area contributed by atoms with Gasteiger partial charge in [0.05, 0.1) is 6.54 Å². The third kappa shape index (κ3) is 2.93. The Kier molecular flexibility index (Phi) is 3.36. The van der Waals surface area contributed by atoms with E-state index < -0.39 is 0 Å². The Hall–Kier alpha value is -1.62. The first-order chi connectivity index (χ1) is 7.74. The van der Waals surface area contributed by atoms with E-state index >= 15 is 0 Å². The predicted molar refractivity (Wildman–Crippen MR) is 62.4 cm³/mol. The van der Waals surface area contributed by atoms with Crippen LogP contribution in [0.4, 0.5) is 5.82 Å². The molecule has 6 heteroatoms. The Morgan fingerprint density at radius 3 is 2.94 bits per heavy atom. The van der Waals surface area contributed by atoms with E-state index in [4.69, 9.17) is 11.6 Å². The molecule has 0 fully saturated rings. The monoisotopic (exact) mass is 237 g/mol. The predicted octanol–water partition coefficient (Wildman–Crippen LogP) is 1.83. The van der Waals surface area contributed by atoms with Gasteiger partial charge in [-0.05, 0) is 25.1 Å². The Balaban J connectivity index is 1.92. The SMILES string of the molecule is CC(Cn1cccn1)Nc1ccc(Cl)nn1. The van der Waals surface area contributed by atoms with Crippen LogP contribution in [0.5, 0.6) is 0 Å². The van der Waals surface area contributed by atoms with Crippen LogP contribution in [-0.4, -0.2) is 26.0 Å². The van der Waals surface area contributed by atoms with Crippen molar-refractivity contribution in [1.82, 2.24) is 20.0 Å². The van der Waals surface area contributed by atoms with Crippen molar-refractivity contribution in [2.75, 3.05) is 5.32 Å². The van der Waals surface area contributed by atoms with Crippen molar-refractivity contribution in [1.29, 1.82) is 0 Å². The largest absolute Gasteiger partial charge is 0.364 e. The van der Waals surface area contributed by atoms with Gasteiger partial charge in [-0.25, -0.2) is 0 Å². The van der Waals surface area contributed by atoms with Crippen LogP contribution >= 0.6 is 11.6 Å². The summed E-state index contributed by atoms with van der Waals surface area (Å²) in [6.45, 7) is 2.83. The smallest absolute Gasteiger partial charge is 0.151 e. The summed E-state index contributed by atoms with van der Waals surface area (Å²) >= 11 is 5.65. The number of nitrogens with one attached hydrogen (secondary N) is 1. The molecule has 1 atom stereocenters. The zero-order chi connectivity index (χ0) is 11.4. The van der Waals surface area contributed by atoms with Crippen LogP contribution < -0.4 is 5.32 Å². The minimum atomic E-state index is 0.218. The van der Waals surface area contributed by atoms with Crippen LogP contribution in [0, 0.1) is 0 Å². The van der Waals surface area contributed by atoms with Gasteiger partial charge in [-0.2, -0.15) is 5.10 Å². The molecule has 0 amide bonds. The van der Waals surface area contributed by atoms with E-state index in [0.29, 0.717) is 11.0 Å². The molecule has 0 saturated carbocycles. The number of anilines is 1. The van der Waals surface area contributed by atoms with Gasteiger partial charge in [0.1, 0.15) is 5.82 Å². The van der Waals surface area contributed by atoms with Gasteiger partial charge in [-0.1, -0.05) is 11.6 Å². The maximum Gasteiger partial charge on any atom is 0.151 e. The van der Waals surface area contributed by atoms with Gasteiger partial charge < -0.3 is 5.32 Å². The normalized spacial score (nSPS) is 12.4. The molecule has 84 valence electrons. The first-order valence-electron chi connectivity index (χ1n) is 4.97. The first kappa shape index (κ1) is 10.9. The second-order valence-corrected chi connectivity index (χ2v) is 3.90. The van der Waals surface area contributed by atoms with E-state index in [1.54, 1.807) is 18.3 Å². The standard InChI is InChI=1S/C10H12ClN5/c1-8(7-16-6-2-5-12-16)13-10-4-3-9(11)14-15-10/h2-6,8H,7H2,1H3,(H,13,15). The highest BCUT2D eigenvalue weighted by Gasteiger charge is 2.04. The van der Waals surface area contributed by atoms with Gasteiger partial charge in [-0.15, -0.1) is 10.2 Å². The average Bonchev–Trinajstić information content (AvgIpc) is 2.74. The third-order valence-electron chi connectivity index (χ3n) is 2.05. The second-order valence-electron chi connectivity index (χ2n) is 3.51. The molecular weight excluding hydrogens is 226 g/mol. The lowest BCUT2D eigenvalue weighted by Gasteiger charge is -2.13. The molecular formula is C10H12ClN5. The Labute approximate surface area is 98.5 Å². The van der Waals surface area contributed by atoms with Gasteiger partial charge >= 0.3 is 0 Å². The van der Waals surface area contributed by atoms with Gasteiger partial charge in [0.2, 0.25) is 0 Å². The van der Waals surface area contributed by atoms with Crippen molar-refractivity contribution in [2.45, 2.75) is 19.5 Å². The molecule has 0 aliphatic carbocycles. The number of aromatic nitrogens is 4. The zero-order valence-electron chi connectivity index (χ0n) is 8.84. The van der Waals surface area contributed by atoms with Crippen molar-refractivity contribution in [3.05, 3.63) is 35.7 Å². The molecule has 0 saturated heterocycles. The molecule has 0 radical (unpaired) electrons. The molecule has 2 heterocycles. The van der Waals surface area contributed by atoms with E-state index in [1.807, 2.05) is 16.9 Å². The molecule has 2 aromatic rings. The van der Waals surface area contributed by atoms with E-state index in [9.17, 15) is 0 Å². The summed E-state index contributed by atoms with van der Waals surface area (Å²) < 4.78 is 1.86. The minimum absolute atomic E-state index is 0.218. The summed E-state index contributed by atoms with van der Waals surface area (Å²) in [5, 5.41) is 15.4. The molecule has 0 bridgehead atoms. The Bertz CT molecular complexity index is 425. The minimum Gasteiger partial charge on any atom is -0.364 e. The highest BCUT2D eigenvalue weighted by atomic mass is 35.5. The topological polar surface area (TPSA) is 55.6 Å². The van der Waals surface area contributed by atoms with Crippen LogP contribution in [0.25, 0.3) is 0 Å². The van der Waals surface area contributed by atoms with Crippen molar-refractivity contribution in [3.63, 3.8) is 0 Å². The first-order valence-corrected chi connectivity index (χ1v) is 5.35. The number of hydrogen-bond acceptors (Lipinski definition) is 4. The van der Waals surface area contributed by atoms with Gasteiger partial charge in [0, 0.05) is 18.4 Å². The van der Waals surface area contributed by atoms with Crippen LogP contribution in [0.1, 0.15) is 6.92 Å². The van der Waals surface area contributed by atoms with Gasteiger partial charge in [-0.3, -0.25) is 4.68 Å². The number of nitrogens with zero attached hydrogens (tertiary/aromatic N) is 4. The molecule has 0 aromatic carbocycles. The van der Waals surface area contributed by atoms with Crippen molar-refractivity contribution >= 4 is 17.4 Å². The summed E-state index contributed by atoms with van der Waals surface area (Å²) in [5.74, 6) is 0.712. The van der Waals surface area contributed by atoms with E-state index in [-0.39, 0.29) is 6.04 Å². The second kappa shape index (κ2) is 4.94. The van der Waals surface area contributed by atoms with Gasteiger partial charge in [0.25, 0.3) is 0 Å². The zero-order valence-corrected chi connectivity index (χ0v) is 9.59. The highest BCUT2D eigenvalue weighted by molar-refractivity contribution is 6.29. The fraction of sp³-hybridized carbons (Fsp3) is 0.300. The van der Waals surface area contributed by atoms with Crippen molar-refractivity contribution in [2.24, 2.45) is 0 Å². The molecule has 1 unspecified atom stereocenters. The Morgan fingerprint density at radius 2 is 2.31 bits per heavy atom. The third-order valence-corrected chi connectivity index (χ3v) is 2.25. The molecule has 5 nitrogen and oxygen atoms in total. The highest BCUT2D eigenvalue weighted by Crippen LogP contribution is 2.07. The number of halogens is 1. The fourth-order valence-electron chi connectivity index (χ4n) is 1.38. The number of rotatable bonds is 4. The summed E-state index contributed by atoms with van der Waals surface area (Å²) in [5.41, 5.74) is 0. The molecule has 0 aliphatic rings. The molecule has 0 spiro atoms. The van der Waals surface area contributed by atoms with E-state index in [2.05, 4.69) is 27.5 Å². The lowest BCUT2D eigenvalue weighted by Crippen LogP contribution is -2.22. The maximum absolute atomic E-state index is 5.65. The average molecular weight is 238 g/mol. The van der Waals surface area contributed by atoms with Crippen LogP contribution in [0.3, 0.4) is 0 Å². The summed E-state index contributed by atoms with van der Waals surface area (Å²) in [6.07, 6.45) is 3.68. The van der Waals surface area contributed by atoms with Gasteiger partial charge in [0.15, 0.2) is 5.15 Å². The van der Waals surface area contributed by atoms with Crippen LogP contribution in [-0.2, 0) is 6.54 Å². The van der Waals surface area contributed by atoms with Crippen LogP contribution in [0.15, 0.2) is 30.6 Å². The quantitative estimate of drug-likeness (QED) is 0.882. The molecule has 2 aromatic heterocycles. The molecule has 16 heavy (non-hydrogen) atoms. The maximum atomic E-state index is 5.65. The Morgan fingerprint density at radius 1 is 1.44 bits per heavy atom. The van der Waals surface area contributed by atoms with Crippen LogP contribution in [0.2, 0.25) is 5.15 Å².